The number of carbonyl (C=O) groups is 1. The molecule has 0 aliphatic carbocycles. The van der Waals surface area contributed by atoms with Gasteiger partial charge in [-0.2, -0.15) is 0 Å². The van der Waals surface area contributed by atoms with Gasteiger partial charge in [0.25, 0.3) is 5.91 Å². The largest absolute Gasteiger partial charge is 0.385 e. The van der Waals surface area contributed by atoms with Crippen LogP contribution in [0.3, 0.4) is 0 Å². The molecule has 2 aromatic carbocycles. The fourth-order valence-corrected chi connectivity index (χ4v) is 4.74. The molecule has 1 aliphatic rings. The van der Waals surface area contributed by atoms with Gasteiger partial charge in [-0.05, 0) is 37.5 Å². The molecule has 1 aliphatic heterocycles. The minimum atomic E-state index is -0.917. The molecular weight excluding hydrogens is 392 g/mol. The van der Waals surface area contributed by atoms with Crippen LogP contribution in [0.5, 0.6) is 0 Å². The second-order valence-electron chi connectivity index (χ2n) is 7.13. The number of thiazole rings is 1. The lowest BCUT2D eigenvalue weighted by atomic mass is 9.84. The zero-order valence-corrected chi connectivity index (χ0v) is 17.1. The van der Waals surface area contributed by atoms with E-state index in [0.29, 0.717) is 35.8 Å². The predicted octanol–water partition coefficient (Wildman–Crippen LogP) is 4.90. The highest BCUT2D eigenvalue weighted by atomic mass is 35.5. The van der Waals surface area contributed by atoms with Gasteiger partial charge in [0.05, 0.1) is 11.3 Å². The molecular formula is C22H21ClN2O2S. The minimum Gasteiger partial charge on any atom is -0.385 e. The van der Waals surface area contributed by atoms with Gasteiger partial charge in [-0.1, -0.05) is 54.1 Å². The number of aromatic nitrogens is 1. The maximum atomic E-state index is 13.1. The van der Waals surface area contributed by atoms with E-state index in [0.717, 1.165) is 21.8 Å². The van der Waals surface area contributed by atoms with Crippen molar-refractivity contribution in [2.24, 2.45) is 0 Å². The number of likely N-dealkylation sites (tertiary alicyclic amines) is 1. The summed E-state index contributed by atoms with van der Waals surface area (Å²) < 4.78 is 0. The monoisotopic (exact) mass is 412 g/mol. The van der Waals surface area contributed by atoms with Gasteiger partial charge in [-0.3, -0.25) is 4.79 Å². The zero-order valence-electron chi connectivity index (χ0n) is 15.6. The smallest absolute Gasteiger partial charge is 0.265 e. The van der Waals surface area contributed by atoms with Crippen LogP contribution in [-0.4, -0.2) is 34.0 Å². The van der Waals surface area contributed by atoms with Crippen molar-refractivity contribution in [3.05, 3.63) is 75.8 Å². The van der Waals surface area contributed by atoms with Crippen molar-refractivity contribution in [3.8, 4) is 10.6 Å². The molecule has 0 spiro atoms. The van der Waals surface area contributed by atoms with Gasteiger partial charge >= 0.3 is 0 Å². The first-order chi connectivity index (χ1) is 13.5. The minimum absolute atomic E-state index is 0.00432. The number of rotatable bonds is 3. The number of halogens is 1. The summed E-state index contributed by atoms with van der Waals surface area (Å²) in [6, 6.07) is 17.2. The molecule has 1 saturated heterocycles. The fraction of sp³-hybridized carbons (Fsp3) is 0.273. The van der Waals surface area contributed by atoms with E-state index in [4.69, 9.17) is 11.6 Å². The van der Waals surface area contributed by atoms with Gasteiger partial charge in [0.1, 0.15) is 9.88 Å². The Morgan fingerprint density at radius 1 is 1.11 bits per heavy atom. The maximum absolute atomic E-state index is 13.1. The van der Waals surface area contributed by atoms with Gasteiger partial charge in [-0.15, -0.1) is 11.3 Å². The van der Waals surface area contributed by atoms with E-state index in [1.165, 1.54) is 11.3 Å². The average Bonchev–Trinajstić information content (AvgIpc) is 3.11. The molecule has 0 bridgehead atoms. The number of hydrogen-bond donors (Lipinski definition) is 1. The number of aliphatic hydroxyl groups is 1. The third-order valence-electron chi connectivity index (χ3n) is 5.27. The summed E-state index contributed by atoms with van der Waals surface area (Å²) in [6.07, 6.45) is 1.01. The molecule has 2 heterocycles. The van der Waals surface area contributed by atoms with E-state index < -0.39 is 5.60 Å². The van der Waals surface area contributed by atoms with Crippen LogP contribution in [0.25, 0.3) is 10.6 Å². The fourth-order valence-electron chi connectivity index (χ4n) is 3.57. The number of hydrogen-bond acceptors (Lipinski definition) is 4. The van der Waals surface area contributed by atoms with Gasteiger partial charge in [0.15, 0.2) is 0 Å². The third kappa shape index (κ3) is 3.70. The predicted molar refractivity (Wildman–Crippen MR) is 113 cm³/mol. The summed E-state index contributed by atoms with van der Waals surface area (Å²) >= 11 is 7.38. The van der Waals surface area contributed by atoms with E-state index in [9.17, 15) is 9.90 Å². The van der Waals surface area contributed by atoms with Gasteiger partial charge in [0, 0.05) is 23.7 Å². The number of carbonyl (C=O) groups excluding carboxylic acids is 1. The van der Waals surface area contributed by atoms with E-state index in [1.54, 1.807) is 12.1 Å². The number of amides is 1. The van der Waals surface area contributed by atoms with Gasteiger partial charge in [0.2, 0.25) is 0 Å². The molecule has 0 unspecified atom stereocenters. The Labute approximate surface area is 173 Å². The summed E-state index contributed by atoms with van der Waals surface area (Å²) in [5, 5.41) is 12.5. The zero-order chi connectivity index (χ0) is 19.7. The first kappa shape index (κ1) is 19.1. The Morgan fingerprint density at radius 3 is 2.39 bits per heavy atom. The van der Waals surface area contributed by atoms with E-state index >= 15 is 0 Å². The van der Waals surface area contributed by atoms with Crippen LogP contribution in [0.1, 0.15) is 33.8 Å². The third-order valence-corrected chi connectivity index (χ3v) is 6.72. The van der Waals surface area contributed by atoms with Crippen molar-refractivity contribution in [1.82, 2.24) is 9.88 Å². The molecule has 1 N–H and O–H groups in total. The summed E-state index contributed by atoms with van der Waals surface area (Å²) in [5.41, 5.74) is 1.71. The Balaban J connectivity index is 1.49. The first-order valence-electron chi connectivity index (χ1n) is 9.27. The van der Waals surface area contributed by atoms with E-state index in [1.807, 2.05) is 54.3 Å². The number of benzene rings is 2. The lowest BCUT2D eigenvalue weighted by molar-refractivity contribution is -0.0210. The average molecular weight is 413 g/mol. The number of piperidine rings is 1. The van der Waals surface area contributed by atoms with Gasteiger partial charge in [-0.25, -0.2) is 4.98 Å². The lowest BCUT2D eigenvalue weighted by Gasteiger charge is -2.38. The van der Waals surface area contributed by atoms with Crippen LogP contribution >= 0.6 is 22.9 Å². The summed E-state index contributed by atoms with van der Waals surface area (Å²) in [4.78, 5) is 20.1. The van der Waals surface area contributed by atoms with Crippen LogP contribution in [0.15, 0.2) is 54.6 Å². The Kier molecular flexibility index (Phi) is 5.23. The van der Waals surface area contributed by atoms with Crippen molar-refractivity contribution in [2.45, 2.75) is 25.4 Å². The van der Waals surface area contributed by atoms with Crippen molar-refractivity contribution in [1.29, 1.82) is 0 Å². The number of aryl methyl sites for hydroxylation is 1. The Hall–Kier alpha value is -2.21. The quantitative estimate of drug-likeness (QED) is 0.665. The molecule has 0 saturated carbocycles. The summed E-state index contributed by atoms with van der Waals surface area (Å²) in [7, 11) is 0. The van der Waals surface area contributed by atoms with Crippen molar-refractivity contribution in [2.75, 3.05) is 13.1 Å². The number of nitrogens with zero attached hydrogens (tertiary/aromatic N) is 2. The highest BCUT2D eigenvalue weighted by molar-refractivity contribution is 7.17. The molecule has 4 rings (SSSR count). The van der Waals surface area contributed by atoms with E-state index in [2.05, 4.69) is 4.98 Å². The van der Waals surface area contributed by atoms with E-state index in [-0.39, 0.29) is 5.91 Å². The topological polar surface area (TPSA) is 53.4 Å². The SMILES string of the molecule is Cc1nc(-c2ccccc2)sc1C(=O)N1CCC(O)(c2ccc(Cl)cc2)CC1. The highest BCUT2D eigenvalue weighted by Crippen LogP contribution is 2.35. The molecule has 6 heteroatoms. The van der Waals surface area contributed by atoms with Crippen LogP contribution in [-0.2, 0) is 5.60 Å². The molecule has 28 heavy (non-hydrogen) atoms. The van der Waals surface area contributed by atoms with Gasteiger partial charge < -0.3 is 10.0 Å². The normalized spacial score (nSPS) is 16.2. The molecule has 0 radical (unpaired) electrons. The van der Waals surface area contributed by atoms with Crippen molar-refractivity contribution >= 4 is 28.8 Å². The first-order valence-corrected chi connectivity index (χ1v) is 10.5. The van der Waals surface area contributed by atoms with Crippen LogP contribution in [0.2, 0.25) is 5.02 Å². The summed E-state index contributed by atoms with van der Waals surface area (Å²) in [5.74, 6) is -0.00432. The second kappa shape index (κ2) is 7.66. The Bertz CT molecular complexity index is 978. The molecule has 0 atom stereocenters. The molecule has 1 aromatic heterocycles. The molecule has 1 amide bonds. The molecule has 3 aromatic rings. The van der Waals surface area contributed by atoms with Crippen molar-refractivity contribution in [3.63, 3.8) is 0 Å². The second-order valence-corrected chi connectivity index (χ2v) is 8.57. The molecule has 144 valence electrons. The van der Waals surface area contributed by atoms with Crippen LogP contribution < -0.4 is 0 Å². The lowest BCUT2D eigenvalue weighted by Crippen LogP contribution is -2.45. The summed E-state index contributed by atoms with van der Waals surface area (Å²) in [6.45, 7) is 2.90. The maximum Gasteiger partial charge on any atom is 0.265 e. The standard InChI is InChI=1S/C22H21ClN2O2S/c1-15-19(28-20(24-15)16-5-3-2-4-6-16)21(26)25-13-11-22(27,12-14-25)17-7-9-18(23)10-8-17/h2-10,27H,11-14H2,1H3. The highest BCUT2D eigenvalue weighted by Gasteiger charge is 2.36. The molecule has 1 fully saturated rings. The van der Waals surface area contributed by atoms with Crippen LogP contribution in [0.4, 0.5) is 0 Å². The van der Waals surface area contributed by atoms with Crippen LogP contribution in [0, 0.1) is 6.92 Å². The molecule has 4 nitrogen and oxygen atoms in total. The Morgan fingerprint density at radius 2 is 1.75 bits per heavy atom. The van der Waals surface area contributed by atoms with Crippen molar-refractivity contribution < 1.29 is 9.90 Å².